The Morgan fingerprint density at radius 2 is 1.96 bits per heavy atom. The predicted molar refractivity (Wildman–Crippen MR) is 103 cm³/mol. The third kappa shape index (κ3) is 3.73. The van der Waals surface area contributed by atoms with Crippen LogP contribution >= 0.6 is 27.3 Å². The SMILES string of the molecule is O=C(c1cncc(Br)c1)N1CCN(Cc2nc3ccccc3s2)CC1. The molecule has 0 aliphatic carbocycles. The molecule has 1 amide bonds. The van der Waals surface area contributed by atoms with Crippen molar-refractivity contribution in [3.63, 3.8) is 0 Å². The summed E-state index contributed by atoms with van der Waals surface area (Å²) in [5, 5.41) is 1.14. The molecule has 2 aromatic heterocycles. The molecule has 3 heterocycles. The Morgan fingerprint density at radius 1 is 1.16 bits per heavy atom. The maximum Gasteiger partial charge on any atom is 0.255 e. The lowest BCUT2D eigenvalue weighted by Gasteiger charge is -2.34. The summed E-state index contributed by atoms with van der Waals surface area (Å²) in [4.78, 5) is 25.6. The van der Waals surface area contributed by atoms with Gasteiger partial charge in [0.15, 0.2) is 0 Å². The quantitative estimate of drug-likeness (QED) is 0.656. The van der Waals surface area contributed by atoms with Crippen molar-refractivity contribution in [1.82, 2.24) is 19.8 Å². The highest BCUT2D eigenvalue weighted by molar-refractivity contribution is 9.10. The monoisotopic (exact) mass is 416 g/mol. The van der Waals surface area contributed by atoms with Crippen molar-refractivity contribution in [2.24, 2.45) is 0 Å². The molecule has 128 valence electrons. The van der Waals surface area contributed by atoms with Crippen molar-refractivity contribution in [3.05, 3.63) is 57.8 Å². The van der Waals surface area contributed by atoms with Gasteiger partial charge in [0.25, 0.3) is 5.91 Å². The molecular formula is C18H17BrN4OS. The molecule has 1 saturated heterocycles. The van der Waals surface area contributed by atoms with Crippen LogP contribution in [-0.2, 0) is 6.54 Å². The number of thiazole rings is 1. The lowest BCUT2D eigenvalue weighted by atomic mass is 10.2. The molecule has 1 aliphatic heterocycles. The topological polar surface area (TPSA) is 49.3 Å². The van der Waals surface area contributed by atoms with Gasteiger partial charge in [0, 0.05) is 43.0 Å². The van der Waals surface area contributed by atoms with Crippen LogP contribution in [0.3, 0.4) is 0 Å². The molecule has 0 spiro atoms. The number of carbonyl (C=O) groups excluding carboxylic acids is 1. The Kier molecular flexibility index (Phi) is 4.78. The smallest absolute Gasteiger partial charge is 0.255 e. The molecule has 0 bridgehead atoms. The summed E-state index contributed by atoms with van der Waals surface area (Å²) >= 11 is 5.12. The van der Waals surface area contributed by atoms with Gasteiger partial charge in [-0.25, -0.2) is 4.98 Å². The molecule has 0 atom stereocenters. The lowest BCUT2D eigenvalue weighted by molar-refractivity contribution is 0.0628. The van der Waals surface area contributed by atoms with Crippen molar-refractivity contribution in [3.8, 4) is 0 Å². The fraction of sp³-hybridized carbons (Fsp3) is 0.278. The van der Waals surface area contributed by atoms with E-state index in [2.05, 4.69) is 37.9 Å². The summed E-state index contributed by atoms with van der Waals surface area (Å²) in [6.45, 7) is 4.04. The van der Waals surface area contributed by atoms with Gasteiger partial charge < -0.3 is 4.90 Å². The molecule has 25 heavy (non-hydrogen) atoms. The first-order valence-electron chi connectivity index (χ1n) is 8.16. The largest absolute Gasteiger partial charge is 0.336 e. The van der Waals surface area contributed by atoms with E-state index < -0.39 is 0 Å². The van der Waals surface area contributed by atoms with E-state index in [4.69, 9.17) is 4.98 Å². The normalized spacial score (nSPS) is 15.6. The summed E-state index contributed by atoms with van der Waals surface area (Å²) in [6, 6.07) is 10.1. The highest BCUT2D eigenvalue weighted by Crippen LogP contribution is 2.23. The number of carbonyl (C=O) groups is 1. The Labute approximate surface area is 158 Å². The number of nitrogens with zero attached hydrogens (tertiary/aromatic N) is 4. The minimum Gasteiger partial charge on any atom is -0.336 e. The van der Waals surface area contributed by atoms with Crippen molar-refractivity contribution in [2.45, 2.75) is 6.54 Å². The molecule has 1 aromatic carbocycles. The second-order valence-corrected chi connectivity index (χ2v) is 8.07. The lowest BCUT2D eigenvalue weighted by Crippen LogP contribution is -2.48. The zero-order valence-corrected chi connectivity index (χ0v) is 16.0. The third-order valence-electron chi connectivity index (χ3n) is 4.31. The number of piperazine rings is 1. The maximum atomic E-state index is 12.6. The molecule has 1 fully saturated rings. The van der Waals surface area contributed by atoms with Crippen LogP contribution in [0.1, 0.15) is 15.4 Å². The molecule has 4 rings (SSSR count). The number of amides is 1. The standard InChI is InChI=1S/C18H17BrN4OS/c19-14-9-13(10-20-11-14)18(24)23-7-5-22(6-8-23)12-17-21-15-3-1-2-4-16(15)25-17/h1-4,9-11H,5-8,12H2. The fourth-order valence-corrected chi connectivity index (χ4v) is 4.37. The van der Waals surface area contributed by atoms with Crippen molar-refractivity contribution in [2.75, 3.05) is 26.2 Å². The van der Waals surface area contributed by atoms with Crippen molar-refractivity contribution in [1.29, 1.82) is 0 Å². The van der Waals surface area contributed by atoms with Gasteiger partial charge in [-0.1, -0.05) is 12.1 Å². The number of benzene rings is 1. The number of para-hydroxylation sites is 1. The van der Waals surface area contributed by atoms with Gasteiger partial charge in [-0.3, -0.25) is 14.7 Å². The molecular weight excluding hydrogens is 400 g/mol. The van der Waals surface area contributed by atoms with E-state index in [0.717, 1.165) is 47.7 Å². The van der Waals surface area contributed by atoms with Crippen LogP contribution in [-0.4, -0.2) is 51.9 Å². The molecule has 0 N–H and O–H groups in total. The van der Waals surface area contributed by atoms with E-state index in [-0.39, 0.29) is 5.91 Å². The van der Waals surface area contributed by atoms with E-state index in [9.17, 15) is 4.79 Å². The molecule has 0 unspecified atom stereocenters. The number of halogens is 1. The van der Waals surface area contributed by atoms with Gasteiger partial charge in [-0.05, 0) is 34.1 Å². The van der Waals surface area contributed by atoms with Crippen LogP contribution in [0.5, 0.6) is 0 Å². The number of pyridine rings is 1. The minimum atomic E-state index is 0.0495. The first-order chi connectivity index (χ1) is 12.2. The van der Waals surface area contributed by atoms with Gasteiger partial charge in [-0.15, -0.1) is 11.3 Å². The van der Waals surface area contributed by atoms with E-state index in [1.165, 1.54) is 4.70 Å². The third-order valence-corrected chi connectivity index (χ3v) is 5.76. The van der Waals surface area contributed by atoms with E-state index in [0.29, 0.717) is 5.56 Å². The maximum absolute atomic E-state index is 12.6. The number of rotatable bonds is 3. The van der Waals surface area contributed by atoms with E-state index in [1.54, 1.807) is 23.7 Å². The zero-order chi connectivity index (χ0) is 17.2. The van der Waals surface area contributed by atoms with Crippen LogP contribution in [0.4, 0.5) is 0 Å². The van der Waals surface area contributed by atoms with Crippen LogP contribution in [0.15, 0.2) is 47.2 Å². The number of fused-ring (bicyclic) bond motifs is 1. The van der Waals surface area contributed by atoms with E-state index >= 15 is 0 Å². The Balaban J connectivity index is 1.37. The average molecular weight is 417 g/mol. The number of hydrogen-bond donors (Lipinski definition) is 0. The molecule has 5 nitrogen and oxygen atoms in total. The minimum absolute atomic E-state index is 0.0495. The molecule has 1 aliphatic rings. The molecule has 3 aromatic rings. The Bertz CT molecular complexity index is 872. The van der Waals surface area contributed by atoms with Crippen LogP contribution < -0.4 is 0 Å². The summed E-state index contributed by atoms with van der Waals surface area (Å²) in [6.07, 6.45) is 3.31. The van der Waals surface area contributed by atoms with Gasteiger partial charge in [0.1, 0.15) is 5.01 Å². The number of aromatic nitrogens is 2. The van der Waals surface area contributed by atoms with Crippen LogP contribution in [0, 0.1) is 0 Å². The molecule has 7 heteroatoms. The molecule has 0 radical (unpaired) electrons. The zero-order valence-electron chi connectivity index (χ0n) is 13.6. The van der Waals surface area contributed by atoms with E-state index in [1.807, 2.05) is 23.1 Å². The van der Waals surface area contributed by atoms with Crippen molar-refractivity contribution >= 4 is 43.4 Å². The summed E-state index contributed by atoms with van der Waals surface area (Å²) in [5.74, 6) is 0.0495. The highest BCUT2D eigenvalue weighted by Gasteiger charge is 2.23. The summed E-state index contributed by atoms with van der Waals surface area (Å²) in [5.41, 5.74) is 1.70. The first-order valence-corrected chi connectivity index (χ1v) is 9.76. The average Bonchev–Trinajstić information content (AvgIpc) is 3.04. The van der Waals surface area contributed by atoms with Gasteiger partial charge in [0.2, 0.25) is 0 Å². The fourth-order valence-electron chi connectivity index (χ4n) is 3.00. The Morgan fingerprint density at radius 3 is 2.72 bits per heavy atom. The second kappa shape index (κ2) is 7.19. The van der Waals surface area contributed by atoms with Crippen LogP contribution in [0.25, 0.3) is 10.2 Å². The summed E-state index contributed by atoms with van der Waals surface area (Å²) in [7, 11) is 0. The Hall–Kier alpha value is -1.83. The van der Waals surface area contributed by atoms with Gasteiger partial charge >= 0.3 is 0 Å². The number of hydrogen-bond acceptors (Lipinski definition) is 5. The second-order valence-electron chi connectivity index (χ2n) is 6.04. The van der Waals surface area contributed by atoms with Gasteiger partial charge in [0.05, 0.1) is 22.3 Å². The predicted octanol–water partition coefficient (Wildman–Crippen LogP) is 3.41. The molecule has 0 saturated carbocycles. The summed E-state index contributed by atoms with van der Waals surface area (Å²) < 4.78 is 2.06. The highest BCUT2D eigenvalue weighted by atomic mass is 79.9. The van der Waals surface area contributed by atoms with Gasteiger partial charge in [-0.2, -0.15) is 0 Å². The first kappa shape index (κ1) is 16.6. The van der Waals surface area contributed by atoms with Crippen LogP contribution in [0.2, 0.25) is 0 Å². The van der Waals surface area contributed by atoms with Crippen molar-refractivity contribution < 1.29 is 4.79 Å².